The third-order valence-corrected chi connectivity index (χ3v) is 3.74. The molecule has 4 rings (SSSR count). The molecule has 0 unspecified atom stereocenters. The molecule has 4 heterocycles. The van der Waals surface area contributed by atoms with Crippen LogP contribution in [0.15, 0.2) is 47.7 Å². The number of hydrogen-bond donors (Lipinski definition) is 1. The molecule has 1 N–H and O–H groups in total. The first-order valence-electron chi connectivity index (χ1n) is 7.56. The van der Waals surface area contributed by atoms with Crippen molar-refractivity contribution in [2.24, 2.45) is 7.05 Å². The molecule has 0 saturated heterocycles. The Morgan fingerprint density at radius 3 is 2.72 bits per heavy atom. The van der Waals surface area contributed by atoms with E-state index >= 15 is 0 Å². The lowest BCUT2D eigenvalue weighted by atomic mass is 10.1. The van der Waals surface area contributed by atoms with Crippen LogP contribution < -0.4 is 5.32 Å². The maximum absolute atomic E-state index is 12.1. The lowest BCUT2D eigenvalue weighted by Gasteiger charge is -2.06. The van der Waals surface area contributed by atoms with E-state index in [1.54, 1.807) is 37.9 Å². The van der Waals surface area contributed by atoms with E-state index in [9.17, 15) is 4.79 Å². The van der Waals surface area contributed by atoms with Crippen LogP contribution in [0.5, 0.6) is 0 Å². The second-order valence-corrected chi connectivity index (χ2v) is 5.62. The number of carbonyl (C=O) groups is 1. The van der Waals surface area contributed by atoms with Gasteiger partial charge in [-0.15, -0.1) is 0 Å². The van der Waals surface area contributed by atoms with Crippen LogP contribution in [0.25, 0.3) is 22.2 Å². The summed E-state index contributed by atoms with van der Waals surface area (Å²) in [5, 5.41) is 4.46. The zero-order valence-corrected chi connectivity index (χ0v) is 13.6. The zero-order valence-electron chi connectivity index (χ0n) is 13.6. The van der Waals surface area contributed by atoms with Crippen molar-refractivity contribution < 1.29 is 9.21 Å². The molecule has 4 aromatic heterocycles. The molecule has 0 fully saturated rings. The molecule has 0 aliphatic carbocycles. The number of aryl methyl sites for hydroxylation is 2. The summed E-state index contributed by atoms with van der Waals surface area (Å²) in [6, 6.07) is 3.71. The topological polar surface area (TPSA) is 98.7 Å². The first-order chi connectivity index (χ1) is 12.1. The first-order valence-corrected chi connectivity index (χ1v) is 7.56. The minimum atomic E-state index is -0.444. The van der Waals surface area contributed by atoms with Crippen LogP contribution in [0.4, 0.5) is 5.82 Å². The molecule has 8 nitrogen and oxygen atoms in total. The van der Waals surface area contributed by atoms with Crippen molar-refractivity contribution in [3.8, 4) is 11.4 Å². The number of aromatic nitrogens is 5. The summed E-state index contributed by atoms with van der Waals surface area (Å²) in [5.74, 6) is -0.0268. The average Bonchev–Trinajstić information content (AvgIpc) is 3.22. The zero-order chi connectivity index (χ0) is 17.4. The molecule has 25 heavy (non-hydrogen) atoms. The maximum Gasteiger partial charge on any atom is 0.312 e. The average molecular weight is 334 g/mol. The van der Waals surface area contributed by atoms with Crippen molar-refractivity contribution in [2.45, 2.75) is 6.92 Å². The van der Waals surface area contributed by atoms with Gasteiger partial charge in [-0.1, -0.05) is 0 Å². The molecule has 0 bridgehead atoms. The molecule has 0 aromatic carbocycles. The van der Waals surface area contributed by atoms with Crippen molar-refractivity contribution >= 4 is 22.5 Å². The van der Waals surface area contributed by atoms with E-state index in [-0.39, 0.29) is 5.89 Å². The van der Waals surface area contributed by atoms with Crippen LogP contribution in [0.2, 0.25) is 0 Å². The van der Waals surface area contributed by atoms with Gasteiger partial charge in [-0.25, -0.2) is 15.0 Å². The predicted molar refractivity (Wildman–Crippen MR) is 90.9 cm³/mol. The van der Waals surface area contributed by atoms with Crippen molar-refractivity contribution in [1.29, 1.82) is 0 Å². The monoisotopic (exact) mass is 334 g/mol. The SMILES string of the molecule is Cc1coc(C(=O)Nc2cc3cc(-c4cncn4C)ncc3cn2)n1. The second kappa shape index (κ2) is 5.82. The lowest BCUT2D eigenvalue weighted by Crippen LogP contribution is -2.13. The van der Waals surface area contributed by atoms with E-state index in [0.717, 1.165) is 22.2 Å². The van der Waals surface area contributed by atoms with Gasteiger partial charge in [-0.05, 0) is 24.4 Å². The summed E-state index contributed by atoms with van der Waals surface area (Å²) in [7, 11) is 1.91. The molecule has 0 radical (unpaired) electrons. The number of hydrogen-bond acceptors (Lipinski definition) is 6. The van der Waals surface area contributed by atoms with E-state index in [4.69, 9.17) is 4.42 Å². The summed E-state index contributed by atoms with van der Waals surface area (Å²) < 4.78 is 6.99. The fourth-order valence-corrected chi connectivity index (χ4v) is 2.48. The van der Waals surface area contributed by atoms with Crippen LogP contribution >= 0.6 is 0 Å². The Bertz CT molecular complexity index is 1080. The highest BCUT2D eigenvalue weighted by atomic mass is 16.4. The van der Waals surface area contributed by atoms with E-state index in [2.05, 4.69) is 25.3 Å². The molecule has 0 saturated carbocycles. The van der Waals surface area contributed by atoms with Crippen molar-refractivity contribution in [3.63, 3.8) is 0 Å². The summed E-state index contributed by atoms with van der Waals surface area (Å²) in [6.07, 6.45) is 8.30. The molecular weight excluding hydrogens is 320 g/mol. The Kier molecular flexibility index (Phi) is 3.50. The third-order valence-electron chi connectivity index (χ3n) is 3.74. The van der Waals surface area contributed by atoms with E-state index < -0.39 is 5.91 Å². The van der Waals surface area contributed by atoms with Gasteiger partial charge in [-0.3, -0.25) is 9.78 Å². The largest absolute Gasteiger partial charge is 0.441 e. The summed E-state index contributed by atoms with van der Waals surface area (Å²) in [5.41, 5.74) is 2.34. The van der Waals surface area contributed by atoms with Gasteiger partial charge in [0.15, 0.2) is 0 Å². The van der Waals surface area contributed by atoms with Crippen molar-refractivity contribution in [3.05, 3.63) is 54.9 Å². The van der Waals surface area contributed by atoms with Crippen LogP contribution in [0.3, 0.4) is 0 Å². The fourth-order valence-electron chi connectivity index (χ4n) is 2.48. The number of fused-ring (bicyclic) bond motifs is 1. The minimum absolute atomic E-state index is 0.00435. The number of nitrogens with one attached hydrogen (secondary N) is 1. The van der Waals surface area contributed by atoms with Crippen LogP contribution in [-0.2, 0) is 7.05 Å². The molecule has 0 aliphatic heterocycles. The molecule has 0 spiro atoms. The minimum Gasteiger partial charge on any atom is -0.441 e. The van der Waals surface area contributed by atoms with Gasteiger partial charge in [0.05, 0.1) is 29.6 Å². The van der Waals surface area contributed by atoms with E-state index in [1.807, 2.05) is 17.7 Å². The predicted octanol–water partition coefficient (Wildman–Crippen LogP) is 2.58. The number of nitrogens with zero attached hydrogens (tertiary/aromatic N) is 5. The molecular formula is C17H14N6O2. The Hall–Kier alpha value is -3.55. The standard InChI is InChI=1S/C17H14N6O2/c1-10-8-25-17(21-10)16(24)22-15-4-11-3-13(14-7-18-9-23(14)2)19-5-12(11)6-20-15/h3-9H,1-2H3,(H,20,22,24). The molecule has 4 aromatic rings. The number of anilines is 1. The van der Waals surface area contributed by atoms with Gasteiger partial charge < -0.3 is 14.3 Å². The normalized spacial score (nSPS) is 11.0. The maximum atomic E-state index is 12.1. The van der Waals surface area contributed by atoms with E-state index in [0.29, 0.717) is 11.5 Å². The van der Waals surface area contributed by atoms with E-state index in [1.165, 1.54) is 6.26 Å². The quantitative estimate of drug-likeness (QED) is 0.618. The molecule has 0 atom stereocenters. The van der Waals surface area contributed by atoms with Gasteiger partial charge in [-0.2, -0.15) is 0 Å². The third kappa shape index (κ3) is 2.85. The number of oxazole rings is 1. The van der Waals surface area contributed by atoms with Gasteiger partial charge in [0.2, 0.25) is 0 Å². The highest BCUT2D eigenvalue weighted by molar-refractivity contribution is 6.01. The number of carbonyl (C=O) groups excluding carboxylic acids is 1. The molecule has 8 heteroatoms. The summed E-state index contributed by atoms with van der Waals surface area (Å²) >= 11 is 0. The first kappa shape index (κ1) is 15.0. The summed E-state index contributed by atoms with van der Waals surface area (Å²) in [6.45, 7) is 1.75. The Balaban J connectivity index is 1.67. The van der Waals surface area contributed by atoms with Crippen LogP contribution in [0.1, 0.15) is 16.4 Å². The van der Waals surface area contributed by atoms with Crippen molar-refractivity contribution in [2.75, 3.05) is 5.32 Å². The van der Waals surface area contributed by atoms with Gasteiger partial charge in [0.1, 0.15) is 12.1 Å². The number of pyridine rings is 2. The van der Waals surface area contributed by atoms with Crippen LogP contribution in [-0.4, -0.2) is 30.4 Å². The molecule has 1 amide bonds. The number of rotatable bonds is 3. The second-order valence-electron chi connectivity index (χ2n) is 5.62. The lowest BCUT2D eigenvalue weighted by molar-refractivity contribution is 0.0990. The van der Waals surface area contributed by atoms with Gasteiger partial charge in [0.25, 0.3) is 5.89 Å². The van der Waals surface area contributed by atoms with Gasteiger partial charge in [0, 0.05) is 24.8 Å². The number of amides is 1. The smallest absolute Gasteiger partial charge is 0.312 e. The summed E-state index contributed by atoms with van der Waals surface area (Å²) in [4.78, 5) is 28.9. The molecule has 124 valence electrons. The fraction of sp³-hybridized carbons (Fsp3) is 0.118. The number of imidazole rings is 1. The van der Waals surface area contributed by atoms with Crippen LogP contribution in [0, 0.1) is 6.92 Å². The van der Waals surface area contributed by atoms with Crippen molar-refractivity contribution in [1.82, 2.24) is 24.5 Å². The Morgan fingerprint density at radius 2 is 2.00 bits per heavy atom. The highest BCUT2D eigenvalue weighted by Gasteiger charge is 2.13. The Labute approximate surface area is 142 Å². The van der Waals surface area contributed by atoms with Gasteiger partial charge >= 0.3 is 5.91 Å². The Morgan fingerprint density at radius 1 is 1.16 bits per heavy atom. The molecule has 0 aliphatic rings. The highest BCUT2D eigenvalue weighted by Crippen LogP contribution is 2.22.